The van der Waals surface area contributed by atoms with E-state index < -0.39 is 0 Å². The summed E-state index contributed by atoms with van der Waals surface area (Å²) in [6.07, 6.45) is 7.74. The van der Waals surface area contributed by atoms with Gasteiger partial charge >= 0.3 is 0 Å². The topological polar surface area (TPSA) is 48.7 Å². The number of unbranched alkanes of at least 4 members (excludes halogenated alkanes) is 1. The van der Waals surface area contributed by atoms with E-state index in [2.05, 4.69) is 45.3 Å². The molecule has 0 aromatic carbocycles. The van der Waals surface area contributed by atoms with E-state index >= 15 is 0 Å². The van der Waals surface area contributed by atoms with Crippen molar-refractivity contribution in [3.05, 3.63) is 18.0 Å². The zero-order chi connectivity index (χ0) is 17.4. The van der Waals surface area contributed by atoms with Crippen molar-refractivity contribution in [1.82, 2.24) is 24.9 Å². The maximum Gasteiger partial charge on any atom is 0.193 e. The summed E-state index contributed by atoms with van der Waals surface area (Å²) in [6.45, 7) is 11.1. The maximum atomic E-state index is 4.47. The lowest BCUT2D eigenvalue weighted by molar-refractivity contribution is 0.297. The summed E-state index contributed by atoms with van der Waals surface area (Å²) in [7, 11) is 3.87. The summed E-state index contributed by atoms with van der Waals surface area (Å²) in [6, 6.07) is 0. The van der Waals surface area contributed by atoms with Gasteiger partial charge in [0.15, 0.2) is 5.96 Å². The average molecular weight is 335 g/mol. The number of rotatable bonds is 8. The Morgan fingerprint density at radius 2 is 2.17 bits per heavy atom. The SMILES string of the molecule is CCN(CC)CCCCNC(=NC)N1CCC(c2cnn(C)c2)C1. The Labute approximate surface area is 146 Å². The molecular weight excluding hydrogens is 300 g/mol. The molecule has 1 N–H and O–H groups in total. The molecule has 1 atom stereocenters. The number of hydrogen-bond donors (Lipinski definition) is 1. The molecule has 1 aromatic heterocycles. The first-order valence-electron chi connectivity index (χ1n) is 9.34. The second-order valence-corrected chi connectivity index (χ2v) is 6.59. The summed E-state index contributed by atoms with van der Waals surface area (Å²) < 4.78 is 1.89. The molecule has 6 heteroatoms. The minimum Gasteiger partial charge on any atom is -0.356 e. The molecule has 1 aliphatic heterocycles. The summed E-state index contributed by atoms with van der Waals surface area (Å²) in [5.74, 6) is 1.61. The van der Waals surface area contributed by atoms with Crippen molar-refractivity contribution < 1.29 is 0 Å². The van der Waals surface area contributed by atoms with E-state index in [1.54, 1.807) is 0 Å². The van der Waals surface area contributed by atoms with E-state index in [0.717, 1.165) is 38.7 Å². The number of hydrogen-bond acceptors (Lipinski definition) is 3. The Kier molecular flexibility index (Phi) is 7.56. The zero-order valence-electron chi connectivity index (χ0n) is 15.8. The Morgan fingerprint density at radius 3 is 2.79 bits per heavy atom. The smallest absolute Gasteiger partial charge is 0.193 e. The fourth-order valence-corrected chi connectivity index (χ4v) is 3.41. The molecule has 0 bridgehead atoms. The lowest BCUT2D eigenvalue weighted by Gasteiger charge is -2.22. The van der Waals surface area contributed by atoms with Crippen LogP contribution in [0.15, 0.2) is 17.4 Å². The van der Waals surface area contributed by atoms with Gasteiger partial charge in [0, 0.05) is 45.8 Å². The highest BCUT2D eigenvalue weighted by Gasteiger charge is 2.26. The average Bonchev–Trinajstić information content (AvgIpc) is 3.23. The summed E-state index contributed by atoms with van der Waals surface area (Å²) in [5.41, 5.74) is 1.34. The molecule has 6 nitrogen and oxygen atoms in total. The van der Waals surface area contributed by atoms with Crippen molar-refractivity contribution in [3.63, 3.8) is 0 Å². The van der Waals surface area contributed by atoms with Crippen LogP contribution in [0.5, 0.6) is 0 Å². The van der Waals surface area contributed by atoms with Gasteiger partial charge in [-0.1, -0.05) is 13.8 Å². The standard InChI is InChI=1S/C18H34N6/c1-5-23(6-2)11-8-7-10-20-18(19-3)24-12-9-16(15-24)17-13-21-22(4)14-17/h13-14,16H,5-12,15H2,1-4H3,(H,19,20). The predicted molar refractivity (Wildman–Crippen MR) is 101 cm³/mol. The molecule has 2 rings (SSSR count). The van der Waals surface area contributed by atoms with Gasteiger partial charge in [0.05, 0.1) is 6.20 Å². The first-order chi connectivity index (χ1) is 11.7. The van der Waals surface area contributed by atoms with Crippen LogP contribution in [-0.2, 0) is 7.05 Å². The van der Waals surface area contributed by atoms with E-state index in [-0.39, 0.29) is 0 Å². The highest BCUT2D eigenvalue weighted by atomic mass is 15.3. The minimum atomic E-state index is 0.569. The largest absolute Gasteiger partial charge is 0.356 e. The quantitative estimate of drug-likeness (QED) is 0.448. The van der Waals surface area contributed by atoms with Gasteiger partial charge in [0.25, 0.3) is 0 Å². The maximum absolute atomic E-state index is 4.47. The lowest BCUT2D eigenvalue weighted by Crippen LogP contribution is -2.40. The lowest BCUT2D eigenvalue weighted by atomic mass is 10.0. The molecule has 0 spiro atoms. The second kappa shape index (κ2) is 9.67. The van der Waals surface area contributed by atoms with Gasteiger partial charge in [0.1, 0.15) is 0 Å². The number of aliphatic imine (C=N–C) groups is 1. The van der Waals surface area contributed by atoms with Crippen molar-refractivity contribution in [3.8, 4) is 0 Å². The van der Waals surface area contributed by atoms with Crippen LogP contribution in [-0.4, -0.2) is 71.9 Å². The van der Waals surface area contributed by atoms with E-state index in [9.17, 15) is 0 Å². The molecule has 24 heavy (non-hydrogen) atoms. The summed E-state index contributed by atoms with van der Waals surface area (Å²) >= 11 is 0. The normalized spacial score (nSPS) is 18.6. The molecule has 1 aliphatic rings. The number of nitrogens with zero attached hydrogens (tertiary/aromatic N) is 5. The molecule has 136 valence electrons. The predicted octanol–water partition coefficient (Wildman–Crippen LogP) is 1.91. The van der Waals surface area contributed by atoms with Crippen LogP contribution >= 0.6 is 0 Å². The highest BCUT2D eigenvalue weighted by Crippen LogP contribution is 2.26. The third kappa shape index (κ3) is 5.23. The van der Waals surface area contributed by atoms with Gasteiger partial charge in [0.2, 0.25) is 0 Å². The van der Waals surface area contributed by atoms with Crippen LogP contribution in [0.1, 0.15) is 44.6 Å². The molecule has 2 heterocycles. The Hall–Kier alpha value is -1.56. The van der Waals surface area contributed by atoms with Gasteiger partial charge in [-0.3, -0.25) is 9.67 Å². The molecule has 1 aromatic rings. The van der Waals surface area contributed by atoms with Crippen molar-refractivity contribution in [2.45, 2.75) is 39.0 Å². The highest BCUT2D eigenvalue weighted by molar-refractivity contribution is 5.80. The third-order valence-electron chi connectivity index (χ3n) is 4.97. The number of likely N-dealkylation sites (tertiary alicyclic amines) is 1. The van der Waals surface area contributed by atoms with Gasteiger partial charge in [-0.15, -0.1) is 0 Å². The summed E-state index contributed by atoms with van der Waals surface area (Å²) in [5, 5.41) is 7.83. The second-order valence-electron chi connectivity index (χ2n) is 6.59. The molecule has 0 aliphatic carbocycles. The molecule has 0 saturated carbocycles. The minimum absolute atomic E-state index is 0.569. The molecule has 1 saturated heterocycles. The zero-order valence-corrected chi connectivity index (χ0v) is 15.8. The van der Waals surface area contributed by atoms with Crippen molar-refractivity contribution in [1.29, 1.82) is 0 Å². The Balaban J connectivity index is 1.71. The molecular formula is C18H34N6. The van der Waals surface area contributed by atoms with E-state index in [1.165, 1.54) is 31.4 Å². The van der Waals surface area contributed by atoms with Crippen LogP contribution < -0.4 is 5.32 Å². The van der Waals surface area contributed by atoms with E-state index in [1.807, 2.05) is 25.0 Å². The first kappa shape index (κ1) is 18.8. The molecule has 0 amide bonds. The van der Waals surface area contributed by atoms with Gasteiger partial charge < -0.3 is 15.1 Å². The number of aryl methyl sites for hydroxylation is 1. The Bertz CT molecular complexity index is 505. The Morgan fingerprint density at radius 1 is 1.38 bits per heavy atom. The van der Waals surface area contributed by atoms with Crippen molar-refractivity contribution in [2.75, 3.05) is 46.3 Å². The van der Waals surface area contributed by atoms with Gasteiger partial charge in [-0.05, 0) is 44.5 Å². The van der Waals surface area contributed by atoms with E-state index in [4.69, 9.17) is 0 Å². The van der Waals surface area contributed by atoms with Crippen molar-refractivity contribution in [2.24, 2.45) is 12.0 Å². The third-order valence-corrected chi connectivity index (χ3v) is 4.97. The van der Waals surface area contributed by atoms with Crippen LogP contribution in [0.25, 0.3) is 0 Å². The number of guanidine groups is 1. The molecule has 1 unspecified atom stereocenters. The molecule has 0 radical (unpaired) electrons. The van der Waals surface area contributed by atoms with Crippen LogP contribution in [0.4, 0.5) is 0 Å². The first-order valence-corrected chi connectivity index (χ1v) is 9.34. The fourth-order valence-electron chi connectivity index (χ4n) is 3.41. The van der Waals surface area contributed by atoms with Crippen LogP contribution in [0.2, 0.25) is 0 Å². The van der Waals surface area contributed by atoms with Crippen LogP contribution in [0, 0.1) is 0 Å². The van der Waals surface area contributed by atoms with Crippen molar-refractivity contribution >= 4 is 5.96 Å². The van der Waals surface area contributed by atoms with Crippen LogP contribution in [0.3, 0.4) is 0 Å². The monoisotopic (exact) mass is 334 g/mol. The fraction of sp³-hybridized carbons (Fsp3) is 0.778. The van der Waals surface area contributed by atoms with Gasteiger partial charge in [-0.2, -0.15) is 5.10 Å². The summed E-state index contributed by atoms with van der Waals surface area (Å²) in [4.78, 5) is 9.33. The number of nitrogens with one attached hydrogen (secondary N) is 1. The van der Waals surface area contributed by atoms with E-state index in [0.29, 0.717) is 5.92 Å². The number of aromatic nitrogens is 2. The molecule has 1 fully saturated rings. The van der Waals surface area contributed by atoms with Gasteiger partial charge in [-0.25, -0.2) is 0 Å².